The molecule has 0 radical (unpaired) electrons. The summed E-state index contributed by atoms with van der Waals surface area (Å²) < 4.78 is 123. The molecule has 3 aromatic rings. The minimum Gasteiger partial charge on any atom is -0.395 e. The van der Waals surface area contributed by atoms with Crippen LogP contribution in [-0.2, 0) is 22.8 Å². The van der Waals surface area contributed by atoms with Crippen LogP contribution in [0, 0.1) is 0 Å². The smallest absolute Gasteiger partial charge is 0.395 e. The fourth-order valence-corrected chi connectivity index (χ4v) is 4.14. The second-order valence-electron chi connectivity index (χ2n) is 8.48. The van der Waals surface area contributed by atoms with Gasteiger partial charge in [-0.15, -0.1) is 0 Å². The van der Waals surface area contributed by atoms with Crippen molar-refractivity contribution < 1.29 is 54.3 Å². The molecule has 4 rings (SSSR count). The van der Waals surface area contributed by atoms with E-state index in [2.05, 4.69) is 5.32 Å². The van der Waals surface area contributed by atoms with Gasteiger partial charge in [0.25, 0.3) is 5.91 Å². The Kier molecular flexibility index (Phi) is 7.06. The minimum absolute atomic E-state index is 0.0263. The van der Waals surface area contributed by atoms with Crippen molar-refractivity contribution in [2.75, 3.05) is 13.2 Å². The molecule has 5 nitrogen and oxygen atoms in total. The van der Waals surface area contributed by atoms with Crippen molar-refractivity contribution in [2.45, 2.75) is 24.1 Å². The van der Waals surface area contributed by atoms with Gasteiger partial charge in [-0.3, -0.25) is 15.1 Å². The highest BCUT2D eigenvalue weighted by Gasteiger charge is 2.60. The van der Waals surface area contributed by atoms with E-state index in [1.807, 2.05) is 5.48 Å². The summed E-state index contributed by atoms with van der Waals surface area (Å²) in [5, 5.41) is 11.9. The van der Waals surface area contributed by atoms with Crippen molar-refractivity contribution in [2.24, 2.45) is 0 Å². The lowest BCUT2D eigenvalue weighted by molar-refractivity contribution is -0.269. The zero-order valence-electron chi connectivity index (χ0n) is 19.4. The van der Waals surface area contributed by atoms with E-state index < -0.39 is 52.4 Å². The lowest BCUT2D eigenvalue weighted by Crippen LogP contribution is -2.43. The van der Waals surface area contributed by atoms with Crippen molar-refractivity contribution in [3.63, 3.8) is 0 Å². The summed E-state index contributed by atoms with van der Waals surface area (Å²) in [5.74, 6) is -0.593. The number of hydrogen-bond donors (Lipinski definition) is 3. The molecule has 1 unspecified atom stereocenters. The summed E-state index contributed by atoms with van der Waals surface area (Å²) in [6, 6.07) is 8.14. The summed E-state index contributed by atoms with van der Waals surface area (Å²) in [6.45, 7) is -0.415. The van der Waals surface area contributed by atoms with Gasteiger partial charge in [0.05, 0.1) is 23.4 Å². The lowest BCUT2D eigenvalue weighted by Gasteiger charge is -2.29. The van der Waals surface area contributed by atoms with Gasteiger partial charge in [-0.05, 0) is 41.1 Å². The molecular formula is C25H17F9N2O3. The number of benzene rings is 3. The highest BCUT2D eigenvalue weighted by Crippen LogP contribution is 2.50. The monoisotopic (exact) mass is 564 g/mol. The SMILES string of the molecule is O=C(NCCO)c1ccc(C2=CC(c3cc(C(F)(F)F)cc(C(F)(F)F)c3)(C(F)(F)F)ON2)c2ccccc12. The number of carbonyl (C=O) groups excluding carboxylic acids is 1. The number of fused-ring (bicyclic) bond motifs is 1. The molecule has 0 aromatic heterocycles. The number of nitrogens with one attached hydrogen (secondary N) is 2. The molecule has 0 saturated heterocycles. The number of hydroxylamine groups is 1. The van der Waals surface area contributed by atoms with Crippen LogP contribution in [-0.4, -0.2) is 30.3 Å². The zero-order valence-corrected chi connectivity index (χ0v) is 19.4. The van der Waals surface area contributed by atoms with Gasteiger partial charge in [0.2, 0.25) is 5.60 Å². The molecule has 39 heavy (non-hydrogen) atoms. The molecule has 1 atom stereocenters. The largest absolute Gasteiger partial charge is 0.428 e. The number of aliphatic hydroxyl groups excluding tert-OH is 1. The Morgan fingerprint density at radius 3 is 2.00 bits per heavy atom. The van der Waals surface area contributed by atoms with Gasteiger partial charge in [-0.1, -0.05) is 30.3 Å². The van der Waals surface area contributed by atoms with Crippen molar-refractivity contribution in [3.05, 3.63) is 88.5 Å². The Morgan fingerprint density at radius 2 is 1.46 bits per heavy atom. The minimum atomic E-state index is -5.51. The molecule has 1 aliphatic heterocycles. The van der Waals surface area contributed by atoms with E-state index in [-0.39, 0.29) is 53.3 Å². The number of hydrogen-bond acceptors (Lipinski definition) is 4. The molecule has 0 spiro atoms. The second-order valence-corrected chi connectivity index (χ2v) is 8.48. The number of amides is 1. The van der Waals surface area contributed by atoms with Crippen LogP contribution in [0.2, 0.25) is 0 Å². The number of halogens is 9. The van der Waals surface area contributed by atoms with Gasteiger partial charge in [-0.2, -0.15) is 39.5 Å². The Labute approximate surface area is 213 Å². The molecule has 0 bridgehead atoms. The number of aliphatic hydroxyl groups is 1. The molecule has 14 heteroatoms. The zero-order chi connectivity index (χ0) is 28.8. The van der Waals surface area contributed by atoms with Gasteiger partial charge in [0.15, 0.2) is 0 Å². The third-order valence-electron chi connectivity index (χ3n) is 5.96. The molecule has 208 valence electrons. The second kappa shape index (κ2) is 9.75. The van der Waals surface area contributed by atoms with Crippen molar-refractivity contribution in [1.82, 2.24) is 10.8 Å². The molecule has 0 aliphatic carbocycles. The highest BCUT2D eigenvalue weighted by molar-refractivity contribution is 6.09. The van der Waals surface area contributed by atoms with E-state index in [0.717, 1.165) is 0 Å². The van der Waals surface area contributed by atoms with E-state index in [1.165, 1.54) is 30.3 Å². The third kappa shape index (κ3) is 5.26. The van der Waals surface area contributed by atoms with Crippen LogP contribution in [0.3, 0.4) is 0 Å². The van der Waals surface area contributed by atoms with E-state index in [9.17, 15) is 44.3 Å². The molecule has 1 amide bonds. The van der Waals surface area contributed by atoms with Crippen molar-refractivity contribution >= 4 is 22.4 Å². The molecule has 3 aromatic carbocycles. The van der Waals surface area contributed by atoms with Crippen LogP contribution < -0.4 is 10.8 Å². The predicted molar refractivity (Wildman–Crippen MR) is 120 cm³/mol. The van der Waals surface area contributed by atoms with Crippen molar-refractivity contribution in [1.29, 1.82) is 0 Å². The maximum Gasteiger partial charge on any atom is 0.428 e. The fraction of sp³-hybridized carbons (Fsp3) is 0.240. The maximum absolute atomic E-state index is 14.4. The lowest BCUT2D eigenvalue weighted by atomic mass is 9.88. The summed E-state index contributed by atoms with van der Waals surface area (Å²) in [4.78, 5) is 17.2. The average molecular weight is 564 g/mol. The van der Waals surface area contributed by atoms with Crippen LogP contribution in [0.15, 0.2) is 60.7 Å². The third-order valence-corrected chi connectivity index (χ3v) is 5.96. The van der Waals surface area contributed by atoms with Crippen molar-refractivity contribution in [3.8, 4) is 0 Å². The molecule has 0 fully saturated rings. The molecule has 0 saturated carbocycles. The molecular weight excluding hydrogens is 547 g/mol. The standard InChI is InChI=1S/C25H17F9N2O3/c26-23(27,28)14-9-13(10-15(11-14)24(29,30)31)22(25(32,33)34)12-20(36-39-22)18-5-6-19(21(38)35-7-8-37)17-4-2-1-3-16(17)18/h1-6,9-12,36-37H,7-8H2,(H,35,38). The summed E-state index contributed by atoms with van der Waals surface area (Å²) in [5.41, 5.74) is -7.31. The summed E-state index contributed by atoms with van der Waals surface area (Å²) >= 11 is 0. The Hall–Kier alpha value is -3.78. The molecule has 3 N–H and O–H groups in total. The van der Waals surface area contributed by atoms with E-state index in [0.29, 0.717) is 6.08 Å². The van der Waals surface area contributed by atoms with Crippen LogP contribution in [0.5, 0.6) is 0 Å². The Balaban J connectivity index is 1.92. The fourth-order valence-electron chi connectivity index (χ4n) is 4.14. The number of rotatable bonds is 5. The highest BCUT2D eigenvalue weighted by atomic mass is 19.4. The molecule has 1 heterocycles. The van der Waals surface area contributed by atoms with Gasteiger partial charge >= 0.3 is 18.5 Å². The average Bonchev–Trinajstić information content (AvgIpc) is 3.32. The summed E-state index contributed by atoms with van der Waals surface area (Å²) in [7, 11) is 0. The van der Waals surface area contributed by atoms with Crippen LogP contribution >= 0.6 is 0 Å². The molecule has 1 aliphatic rings. The van der Waals surface area contributed by atoms with Crippen LogP contribution in [0.25, 0.3) is 16.5 Å². The Bertz CT molecular complexity index is 1410. The normalized spacial score (nSPS) is 18.2. The van der Waals surface area contributed by atoms with Crippen LogP contribution in [0.4, 0.5) is 39.5 Å². The first-order valence-corrected chi connectivity index (χ1v) is 11.0. The van der Waals surface area contributed by atoms with Crippen LogP contribution in [0.1, 0.15) is 32.6 Å². The van der Waals surface area contributed by atoms with Gasteiger partial charge in [-0.25, -0.2) is 0 Å². The quantitative estimate of drug-likeness (QED) is 0.336. The first-order chi connectivity index (χ1) is 18.1. The van der Waals surface area contributed by atoms with E-state index in [1.54, 1.807) is 6.07 Å². The van der Waals surface area contributed by atoms with Gasteiger partial charge in [0, 0.05) is 23.2 Å². The number of carbonyl (C=O) groups is 1. The Morgan fingerprint density at radius 1 is 0.872 bits per heavy atom. The summed E-state index contributed by atoms with van der Waals surface area (Å²) in [6.07, 6.45) is -15.9. The first kappa shape index (κ1) is 28.2. The van der Waals surface area contributed by atoms with Gasteiger partial charge < -0.3 is 10.4 Å². The topological polar surface area (TPSA) is 70.6 Å². The number of alkyl halides is 9. The van der Waals surface area contributed by atoms with Gasteiger partial charge in [0.1, 0.15) is 0 Å². The first-order valence-electron chi connectivity index (χ1n) is 11.0. The van der Waals surface area contributed by atoms with E-state index >= 15 is 0 Å². The predicted octanol–water partition coefficient (Wildman–Crippen LogP) is 5.93. The maximum atomic E-state index is 14.4. The van der Waals surface area contributed by atoms with E-state index in [4.69, 9.17) is 9.94 Å².